The van der Waals surface area contributed by atoms with Crippen LogP contribution < -0.4 is 20.1 Å². The van der Waals surface area contributed by atoms with Crippen LogP contribution in [0.3, 0.4) is 0 Å². The van der Waals surface area contributed by atoms with Crippen LogP contribution >= 0.6 is 11.3 Å². The van der Waals surface area contributed by atoms with E-state index in [9.17, 15) is 19.5 Å². The summed E-state index contributed by atoms with van der Waals surface area (Å²) in [6, 6.07) is 5.33. The van der Waals surface area contributed by atoms with Gasteiger partial charge >= 0.3 is 12.1 Å². The summed E-state index contributed by atoms with van der Waals surface area (Å²) in [6.45, 7) is 9.57. The second-order valence-electron chi connectivity index (χ2n) is 13.3. The molecule has 0 spiro atoms. The van der Waals surface area contributed by atoms with Crippen molar-refractivity contribution in [2.75, 3.05) is 19.0 Å². The van der Waals surface area contributed by atoms with Crippen LogP contribution in [0, 0.1) is 5.41 Å². The molecule has 13 heteroatoms. The first-order valence-corrected chi connectivity index (χ1v) is 16.6. The van der Waals surface area contributed by atoms with Gasteiger partial charge in [-0.05, 0) is 57.1 Å². The number of carboxylic acid groups (broad SMARTS) is 1. The summed E-state index contributed by atoms with van der Waals surface area (Å²) in [6.07, 6.45) is 2.18. The predicted octanol–water partition coefficient (Wildman–Crippen LogP) is 5.70. The number of benzene rings is 1. The van der Waals surface area contributed by atoms with Gasteiger partial charge in [0.25, 0.3) is 0 Å². The molecule has 3 aromatic rings. The highest BCUT2D eigenvalue weighted by Gasteiger charge is 2.46. The van der Waals surface area contributed by atoms with Gasteiger partial charge in [-0.3, -0.25) is 4.79 Å². The van der Waals surface area contributed by atoms with Crippen LogP contribution in [0.2, 0.25) is 0 Å². The van der Waals surface area contributed by atoms with Gasteiger partial charge in [-0.1, -0.05) is 20.8 Å². The fraction of sp³-hybridized carbons (Fsp3) is 0.545. The molecule has 5 rings (SSSR count). The highest BCUT2D eigenvalue weighted by molar-refractivity contribution is 7.14. The number of thiazole rings is 1. The number of rotatable bonds is 10. The molecule has 1 saturated carbocycles. The molecule has 12 nitrogen and oxygen atoms in total. The predicted molar refractivity (Wildman–Crippen MR) is 175 cm³/mol. The van der Waals surface area contributed by atoms with E-state index >= 15 is 0 Å². The Morgan fingerprint density at radius 1 is 1.07 bits per heavy atom. The molecule has 2 aliphatic rings. The minimum Gasteiger partial charge on any atom is -0.497 e. The van der Waals surface area contributed by atoms with Crippen LogP contribution in [0.15, 0.2) is 29.6 Å². The molecular formula is C33H43N5O7S. The van der Waals surface area contributed by atoms with Gasteiger partial charge in [-0.15, -0.1) is 11.3 Å². The molecule has 2 amide bonds. The Morgan fingerprint density at radius 3 is 2.46 bits per heavy atom. The molecule has 0 radical (unpaired) electrons. The van der Waals surface area contributed by atoms with Gasteiger partial charge in [0.15, 0.2) is 5.13 Å². The third-order valence-corrected chi connectivity index (χ3v) is 9.01. The number of fused-ring (bicyclic) bond motifs is 1. The summed E-state index contributed by atoms with van der Waals surface area (Å²) in [4.78, 5) is 50.0. The first kappa shape index (κ1) is 33.2. The molecule has 1 aliphatic carbocycles. The third-order valence-electron chi connectivity index (χ3n) is 8.23. The van der Waals surface area contributed by atoms with Crippen molar-refractivity contribution in [2.24, 2.45) is 5.41 Å². The summed E-state index contributed by atoms with van der Waals surface area (Å²) in [5.41, 5.74) is 1.16. The number of hydrogen-bond acceptors (Lipinski definition) is 10. The lowest BCUT2D eigenvalue weighted by molar-refractivity contribution is -0.150. The van der Waals surface area contributed by atoms with E-state index in [4.69, 9.17) is 24.2 Å². The lowest BCUT2D eigenvalue weighted by atomic mass is 9.85. The lowest BCUT2D eigenvalue weighted by Gasteiger charge is -2.34. The molecule has 1 aliphatic heterocycles. The van der Waals surface area contributed by atoms with E-state index in [0.717, 1.165) is 30.8 Å². The number of carbonyl (C=O) groups is 3. The quantitative estimate of drug-likeness (QED) is 0.248. The number of pyridine rings is 1. The van der Waals surface area contributed by atoms with Crippen molar-refractivity contribution in [1.82, 2.24) is 20.2 Å². The van der Waals surface area contributed by atoms with Gasteiger partial charge in [0, 0.05) is 35.4 Å². The average molecular weight is 654 g/mol. The van der Waals surface area contributed by atoms with E-state index in [0.29, 0.717) is 33.8 Å². The summed E-state index contributed by atoms with van der Waals surface area (Å²) in [7, 11) is 1.58. The fourth-order valence-electron chi connectivity index (χ4n) is 5.90. The van der Waals surface area contributed by atoms with Gasteiger partial charge in [0.1, 0.15) is 41.5 Å². The summed E-state index contributed by atoms with van der Waals surface area (Å²) < 4.78 is 17.5. The van der Waals surface area contributed by atoms with Gasteiger partial charge in [0.2, 0.25) is 5.91 Å². The van der Waals surface area contributed by atoms with E-state index in [1.807, 2.05) is 46.1 Å². The summed E-state index contributed by atoms with van der Waals surface area (Å²) >= 11 is 1.47. The largest absolute Gasteiger partial charge is 0.497 e. The monoisotopic (exact) mass is 653 g/mol. The molecule has 248 valence electrons. The summed E-state index contributed by atoms with van der Waals surface area (Å²) in [5, 5.41) is 19.6. The van der Waals surface area contributed by atoms with Crippen LogP contribution in [0.5, 0.6) is 11.5 Å². The Kier molecular flexibility index (Phi) is 9.90. The Labute approximate surface area is 272 Å². The van der Waals surface area contributed by atoms with E-state index in [1.54, 1.807) is 25.3 Å². The Balaban J connectivity index is 1.41. The zero-order chi connectivity index (χ0) is 33.2. The molecule has 2 aromatic heterocycles. The second kappa shape index (κ2) is 13.7. The van der Waals surface area contributed by atoms with Gasteiger partial charge in [-0.25, -0.2) is 19.6 Å². The number of likely N-dealkylation sites (tertiary alicyclic amines) is 1. The van der Waals surface area contributed by atoms with E-state index in [-0.39, 0.29) is 25.1 Å². The standard InChI is InChI=1S/C33H43N5O7S/c1-18(2)34-31-36-25(17-46-31)24-15-27(22-12-11-20(43-6)13-23(22)35-24)44-21-14-26(30(40)41)38(16-21)29(39)28(33(3,4)5)37-32(42)45-19-9-7-8-10-19/h11-13,15,17-19,21,26,28H,7-10,14,16H2,1-6H3,(H,34,36)(H,37,42)(H,40,41). The zero-order valence-corrected chi connectivity index (χ0v) is 28.0. The van der Waals surface area contributed by atoms with Crippen molar-refractivity contribution < 1.29 is 33.7 Å². The number of aromatic nitrogens is 2. The van der Waals surface area contributed by atoms with Gasteiger partial charge in [-0.2, -0.15) is 0 Å². The Hall–Kier alpha value is -4.13. The van der Waals surface area contributed by atoms with Gasteiger partial charge in [0.05, 0.1) is 24.9 Å². The minimum absolute atomic E-state index is 0.0240. The number of aliphatic carboxylic acids is 1. The van der Waals surface area contributed by atoms with Crippen molar-refractivity contribution in [1.29, 1.82) is 0 Å². The number of alkyl carbamates (subject to hydrolysis) is 1. The highest BCUT2D eigenvalue weighted by Crippen LogP contribution is 2.36. The molecule has 3 unspecified atom stereocenters. The number of nitrogens with zero attached hydrogens (tertiary/aromatic N) is 3. The van der Waals surface area contributed by atoms with Gasteiger partial charge < -0.3 is 34.9 Å². The maximum Gasteiger partial charge on any atom is 0.408 e. The second-order valence-corrected chi connectivity index (χ2v) is 14.2. The SMILES string of the molecule is COc1ccc2c(OC3CC(C(=O)O)N(C(=O)C(NC(=O)OC4CCCC4)C(C)(C)C)C3)cc(-c3csc(NC(C)C)n3)nc2c1. The minimum atomic E-state index is -1.14. The van der Waals surface area contributed by atoms with Crippen LogP contribution in [0.4, 0.5) is 9.93 Å². The van der Waals surface area contributed by atoms with Crippen LogP contribution in [0.1, 0.15) is 66.7 Å². The number of hydrogen-bond donors (Lipinski definition) is 3. The number of anilines is 1. The smallest absolute Gasteiger partial charge is 0.408 e. The molecule has 3 N–H and O–H groups in total. The molecule has 46 heavy (non-hydrogen) atoms. The first-order chi connectivity index (χ1) is 21.8. The highest BCUT2D eigenvalue weighted by atomic mass is 32.1. The molecule has 1 saturated heterocycles. The number of carbonyl (C=O) groups excluding carboxylic acids is 2. The number of ether oxygens (including phenoxy) is 3. The van der Waals surface area contributed by atoms with Crippen molar-refractivity contribution in [3.63, 3.8) is 0 Å². The van der Waals surface area contributed by atoms with Crippen LogP contribution in [0.25, 0.3) is 22.3 Å². The van der Waals surface area contributed by atoms with Crippen molar-refractivity contribution in [2.45, 2.75) is 97.1 Å². The van der Waals surface area contributed by atoms with Crippen molar-refractivity contribution in [3.8, 4) is 22.9 Å². The topological polar surface area (TPSA) is 152 Å². The van der Waals surface area contributed by atoms with Crippen molar-refractivity contribution in [3.05, 3.63) is 29.6 Å². The third kappa shape index (κ3) is 7.63. The number of amides is 2. The number of methoxy groups -OCH3 is 1. The molecule has 1 aromatic carbocycles. The maximum absolute atomic E-state index is 14.0. The first-order valence-electron chi connectivity index (χ1n) is 15.7. The number of carboxylic acids is 1. The average Bonchev–Trinajstić information content (AvgIpc) is 3.76. The fourth-order valence-corrected chi connectivity index (χ4v) is 6.75. The van der Waals surface area contributed by atoms with E-state index in [2.05, 4.69) is 10.6 Å². The van der Waals surface area contributed by atoms with Crippen LogP contribution in [-0.2, 0) is 14.3 Å². The Bertz CT molecular complexity index is 1580. The Morgan fingerprint density at radius 2 is 1.80 bits per heavy atom. The molecular weight excluding hydrogens is 610 g/mol. The molecule has 3 heterocycles. The maximum atomic E-state index is 14.0. The lowest BCUT2D eigenvalue weighted by Crippen LogP contribution is -2.57. The molecule has 0 bridgehead atoms. The van der Waals surface area contributed by atoms with Crippen LogP contribution in [-0.4, -0.2) is 81.9 Å². The number of nitrogens with one attached hydrogen (secondary N) is 2. The van der Waals surface area contributed by atoms with E-state index in [1.165, 1.54) is 16.2 Å². The molecule has 2 fully saturated rings. The normalized spacial score (nSPS) is 19.3. The molecule has 3 atom stereocenters. The summed E-state index contributed by atoms with van der Waals surface area (Å²) in [5.74, 6) is -0.521. The van der Waals surface area contributed by atoms with E-state index < -0.39 is 41.6 Å². The van der Waals surface area contributed by atoms with Crippen molar-refractivity contribution >= 4 is 45.3 Å². The zero-order valence-electron chi connectivity index (χ0n) is 27.2.